The van der Waals surface area contributed by atoms with Crippen molar-refractivity contribution < 1.29 is 0 Å². The lowest BCUT2D eigenvalue weighted by molar-refractivity contribution is 0.418. The number of aryl methyl sites for hydroxylation is 1. The number of rotatable bonds is 3. The molecule has 2 N–H and O–H groups in total. The van der Waals surface area contributed by atoms with Gasteiger partial charge >= 0.3 is 0 Å². The van der Waals surface area contributed by atoms with Crippen molar-refractivity contribution in [2.24, 2.45) is 0 Å². The maximum absolute atomic E-state index is 4.65. The number of hydrogen-bond donors (Lipinski definition) is 2. The van der Waals surface area contributed by atoms with E-state index in [1.165, 1.54) is 4.88 Å². The molecule has 3 nitrogen and oxygen atoms in total. The molecule has 2 heterocycles. The highest BCUT2D eigenvalue weighted by Crippen LogP contribution is 2.25. The van der Waals surface area contributed by atoms with Gasteiger partial charge in [0, 0.05) is 11.2 Å². The van der Waals surface area contributed by atoms with Crippen LogP contribution in [-0.2, 0) is 6.54 Å². The van der Waals surface area contributed by atoms with Crippen LogP contribution in [0.2, 0.25) is 0 Å². The van der Waals surface area contributed by atoms with Gasteiger partial charge in [0.25, 0.3) is 0 Å². The standard InChI is InChI=1S/C13H19N3S/c1-9-12(10-6-5-7-17-10)16-11(15-9)8-14-13(2,3)4/h5-7,14H,8H2,1-4H3,(H,15,16). The summed E-state index contributed by atoms with van der Waals surface area (Å²) in [6, 6.07) is 4.16. The Morgan fingerprint density at radius 1 is 1.41 bits per heavy atom. The molecule has 0 fully saturated rings. The zero-order valence-electron chi connectivity index (χ0n) is 10.8. The number of imidazole rings is 1. The van der Waals surface area contributed by atoms with Gasteiger partial charge < -0.3 is 10.3 Å². The van der Waals surface area contributed by atoms with Crippen LogP contribution in [0.25, 0.3) is 10.6 Å². The zero-order chi connectivity index (χ0) is 12.5. The summed E-state index contributed by atoms with van der Waals surface area (Å²) in [6.07, 6.45) is 0. The maximum Gasteiger partial charge on any atom is 0.121 e. The first-order valence-corrected chi connectivity index (χ1v) is 6.68. The van der Waals surface area contributed by atoms with Gasteiger partial charge in [0.2, 0.25) is 0 Å². The quantitative estimate of drug-likeness (QED) is 0.876. The molecule has 17 heavy (non-hydrogen) atoms. The average molecular weight is 249 g/mol. The fourth-order valence-electron chi connectivity index (χ4n) is 1.61. The summed E-state index contributed by atoms with van der Waals surface area (Å²) in [5, 5.41) is 5.51. The van der Waals surface area contributed by atoms with Crippen LogP contribution in [0.3, 0.4) is 0 Å². The second-order valence-electron chi connectivity index (χ2n) is 5.24. The van der Waals surface area contributed by atoms with Crippen molar-refractivity contribution in [1.29, 1.82) is 0 Å². The Balaban J connectivity index is 2.14. The van der Waals surface area contributed by atoms with E-state index < -0.39 is 0 Å². The number of hydrogen-bond acceptors (Lipinski definition) is 3. The first-order chi connectivity index (χ1) is 7.96. The molecule has 0 aliphatic rings. The Kier molecular flexibility index (Phi) is 3.35. The molecular weight excluding hydrogens is 230 g/mol. The molecular formula is C13H19N3S. The van der Waals surface area contributed by atoms with Crippen molar-refractivity contribution in [2.45, 2.75) is 39.8 Å². The minimum atomic E-state index is 0.115. The summed E-state index contributed by atoms with van der Waals surface area (Å²) in [6.45, 7) is 9.31. The lowest BCUT2D eigenvalue weighted by Gasteiger charge is -2.19. The van der Waals surface area contributed by atoms with E-state index in [-0.39, 0.29) is 5.54 Å². The molecule has 0 radical (unpaired) electrons. The predicted molar refractivity (Wildman–Crippen MR) is 73.2 cm³/mol. The highest BCUT2D eigenvalue weighted by Gasteiger charge is 2.12. The van der Waals surface area contributed by atoms with Crippen LogP contribution in [0, 0.1) is 6.92 Å². The molecule has 0 spiro atoms. The Morgan fingerprint density at radius 2 is 2.18 bits per heavy atom. The minimum Gasteiger partial charge on any atom is -0.344 e. The third kappa shape index (κ3) is 3.17. The molecule has 92 valence electrons. The molecule has 0 saturated carbocycles. The van der Waals surface area contributed by atoms with Gasteiger partial charge in [0.15, 0.2) is 0 Å². The predicted octanol–water partition coefficient (Wildman–Crippen LogP) is 3.33. The summed E-state index contributed by atoms with van der Waals surface area (Å²) >= 11 is 1.72. The molecule has 0 aliphatic carbocycles. The maximum atomic E-state index is 4.65. The number of aromatic amines is 1. The smallest absolute Gasteiger partial charge is 0.121 e. The van der Waals surface area contributed by atoms with Gasteiger partial charge in [-0.3, -0.25) is 0 Å². The van der Waals surface area contributed by atoms with Gasteiger partial charge in [-0.2, -0.15) is 0 Å². The summed E-state index contributed by atoms with van der Waals surface area (Å²) in [5.74, 6) is 1.00. The normalized spacial score (nSPS) is 12.0. The van der Waals surface area contributed by atoms with E-state index in [4.69, 9.17) is 0 Å². The number of thiophene rings is 1. The monoisotopic (exact) mass is 249 g/mol. The number of nitrogens with one attached hydrogen (secondary N) is 2. The third-order valence-electron chi connectivity index (χ3n) is 2.47. The molecule has 2 aromatic rings. The highest BCUT2D eigenvalue weighted by atomic mass is 32.1. The van der Waals surface area contributed by atoms with Crippen molar-refractivity contribution in [3.63, 3.8) is 0 Å². The van der Waals surface area contributed by atoms with Crippen molar-refractivity contribution in [1.82, 2.24) is 15.3 Å². The number of nitrogens with zero attached hydrogens (tertiary/aromatic N) is 1. The van der Waals surface area contributed by atoms with Gasteiger partial charge in [-0.15, -0.1) is 11.3 Å². The average Bonchev–Trinajstić information content (AvgIpc) is 2.82. The fraction of sp³-hybridized carbons (Fsp3) is 0.462. The molecule has 0 unspecified atom stereocenters. The van der Waals surface area contributed by atoms with Crippen LogP contribution in [0.5, 0.6) is 0 Å². The first kappa shape index (κ1) is 12.3. The summed E-state index contributed by atoms with van der Waals surface area (Å²) in [5.41, 5.74) is 2.33. The molecule has 4 heteroatoms. The second kappa shape index (κ2) is 4.63. The molecule has 0 atom stereocenters. The molecule has 2 rings (SSSR count). The first-order valence-electron chi connectivity index (χ1n) is 5.80. The zero-order valence-corrected chi connectivity index (χ0v) is 11.6. The van der Waals surface area contributed by atoms with Gasteiger partial charge in [-0.05, 0) is 39.1 Å². The summed E-state index contributed by atoms with van der Waals surface area (Å²) in [4.78, 5) is 9.21. The third-order valence-corrected chi connectivity index (χ3v) is 3.35. The lowest BCUT2D eigenvalue weighted by Crippen LogP contribution is -2.35. The van der Waals surface area contributed by atoms with Crippen molar-refractivity contribution in [3.8, 4) is 10.6 Å². The Morgan fingerprint density at radius 3 is 2.76 bits per heavy atom. The van der Waals surface area contributed by atoms with E-state index in [9.17, 15) is 0 Å². The largest absolute Gasteiger partial charge is 0.344 e. The topological polar surface area (TPSA) is 40.7 Å². The van der Waals surface area contributed by atoms with Gasteiger partial charge in [-0.25, -0.2) is 4.98 Å². The van der Waals surface area contributed by atoms with Crippen LogP contribution in [0.1, 0.15) is 32.3 Å². The van der Waals surface area contributed by atoms with Crippen LogP contribution in [-0.4, -0.2) is 15.5 Å². The van der Waals surface area contributed by atoms with Gasteiger partial charge in [-0.1, -0.05) is 6.07 Å². The van der Waals surface area contributed by atoms with E-state index in [0.717, 1.165) is 23.8 Å². The van der Waals surface area contributed by atoms with E-state index >= 15 is 0 Å². The van der Waals surface area contributed by atoms with Gasteiger partial charge in [0.05, 0.1) is 11.4 Å². The van der Waals surface area contributed by atoms with E-state index in [0.29, 0.717) is 0 Å². The van der Waals surface area contributed by atoms with Crippen molar-refractivity contribution >= 4 is 11.3 Å². The van der Waals surface area contributed by atoms with Gasteiger partial charge in [0.1, 0.15) is 11.5 Å². The number of aromatic nitrogens is 2. The minimum absolute atomic E-state index is 0.115. The van der Waals surface area contributed by atoms with Crippen LogP contribution >= 0.6 is 11.3 Å². The molecule has 0 amide bonds. The van der Waals surface area contributed by atoms with Crippen LogP contribution in [0.15, 0.2) is 17.5 Å². The summed E-state index contributed by atoms with van der Waals surface area (Å²) < 4.78 is 0. The van der Waals surface area contributed by atoms with Crippen LogP contribution < -0.4 is 5.32 Å². The van der Waals surface area contributed by atoms with Crippen LogP contribution in [0.4, 0.5) is 0 Å². The summed E-state index contributed by atoms with van der Waals surface area (Å²) in [7, 11) is 0. The highest BCUT2D eigenvalue weighted by molar-refractivity contribution is 7.13. The van der Waals surface area contributed by atoms with E-state index in [1.54, 1.807) is 11.3 Å². The Labute approximate surface area is 106 Å². The molecule has 2 aromatic heterocycles. The fourth-order valence-corrected chi connectivity index (χ4v) is 2.38. The Hall–Kier alpha value is -1.13. The van der Waals surface area contributed by atoms with Crippen molar-refractivity contribution in [2.75, 3.05) is 0 Å². The molecule has 0 aliphatic heterocycles. The van der Waals surface area contributed by atoms with Crippen molar-refractivity contribution in [3.05, 3.63) is 29.0 Å². The lowest BCUT2D eigenvalue weighted by atomic mass is 10.1. The second-order valence-corrected chi connectivity index (χ2v) is 6.19. The van der Waals surface area contributed by atoms with E-state index in [2.05, 4.69) is 60.5 Å². The SMILES string of the molecule is Cc1[nH]c(CNC(C)(C)C)nc1-c1cccs1. The Bertz CT molecular complexity index is 477. The molecule has 0 saturated heterocycles. The number of H-pyrrole nitrogens is 1. The molecule has 0 aromatic carbocycles. The van der Waals surface area contributed by atoms with E-state index in [1.807, 2.05) is 0 Å². The molecule has 0 bridgehead atoms.